The average molecular weight is 556 g/mol. The molecule has 0 saturated carbocycles. The van der Waals surface area contributed by atoms with E-state index in [1.807, 2.05) is 50.2 Å². The highest BCUT2D eigenvalue weighted by atomic mass is 79.9. The summed E-state index contributed by atoms with van der Waals surface area (Å²) in [5.41, 5.74) is 8.06. The maximum Gasteiger partial charge on any atom is 0.340 e. The summed E-state index contributed by atoms with van der Waals surface area (Å²) in [6, 6.07) is 13.1. The zero-order valence-corrected chi connectivity index (χ0v) is 22.4. The summed E-state index contributed by atoms with van der Waals surface area (Å²) < 4.78 is 23.7. The van der Waals surface area contributed by atoms with Crippen LogP contribution in [0.25, 0.3) is 0 Å². The van der Waals surface area contributed by atoms with Gasteiger partial charge >= 0.3 is 5.97 Å². The van der Waals surface area contributed by atoms with E-state index in [9.17, 15) is 9.59 Å². The Morgan fingerprint density at radius 2 is 1.97 bits per heavy atom. The minimum atomic E-state index is -0.716. The SMILES string of the molecule is CCOC(=O)C1=C(N)OC2=C(C(=O)CC(C)(C)C2)C1c1ccc(OC)c(COc2cccc(Br)c2)c1. The van der Waals surface area contributed by atoms with E-state index in [0.717, 1.165) is 10.0 Å². The molecule has 36 heavy (non-hydrogen) atoms. The fourth-order valence-corrected chi connectivity index (χ4v) is 5.11. The molecule has 1 atom stereocenters. The second-order valence-electron chi connectivity index (χ2n) is 9.63. The van der Waals surface area contributed by atoms with Crippen LogP contribution in [0, 0.1) is 5.41 Å². The van der Waals surface area contributed by atoms with Crippen molar-refractivity contribution in [2.75, 3.05) is 13.7 Å². The maximum absolute atomic E-state index is 13.4. The van der Waals surface area contributed by atoms with E-state index in [-0.39, 0.29) is 35.9 Å². The lowest BCUT2D eigenvalue weighted by Crippen LogP contribution is -2.35. The predicted octanol–water partition coefficient (Wildman–Crippen LogP) is 5.53. The molecule has 0 bridgehead atoms. The fraction of sp³-hybridized carbons (Fsp3) is 0.357. The smallest absolute Gasteiger partial charge is 0.340 e. The number of allylic oxidation sites excluding steroid dienone is 2. The first-order valence-corrected chi connectivity index (χ1v) is 12.6. The number of methoxy groups -OCH3 is 1. The van der Waals surface area contributed by atoms with Gasteiger partial charge < -0.3 is 24.7 Å². The molecule has 4 rings (SSSR count). The largest absolute Gasteiger partial charge is 0.496 e. The molecular formula is C28H30BrNO6. The van der Waals surface area contributed by atoms with Crippen molar-refractivity contribution in [3.63, 3.8) is 0 Å². The number of ether oxygens (including phenoxy) is 4. The van der Waals surface area contributed by atoms with Gasteiger partial charge in [-0.15, -0.1) is 0 Å². The van der Waals surface area contributed by atoms with Gasteiger partial charge in [-0.2, -0.15) is 0 Å². The molecule has 7 nitrogen and oxygen atoms in total. The molecule has 0 amide bonds. The van der Waals surface area contributed by atoms with Crippen LogP contribution < -0.4 is 15.2 Å². The Labute approximate surface area is 219 Å². The Hall–Kier alpha value is -3.26. The van der Waals surface area contributed by atoms with Crippen LogP contribution in [0.2, 0.25) is 0 Å². The van der Waals surface area contributed by atoms with Crippen LogP contribution >= 0.6 is 15.9 Å². The lowest BCUT2D eigenvalue weighted by molar-refractivity contribution is -0.139. The number of carbonyl (C=O) groups excluding carboxylic acids is 2. The molecule has 0 fully saturated rings. The van der Waals surface area contributed by atoms with Crippen LogP contribution in [0.1, 0.15) is 50.7 Å². The molecule has 2 aromatic rings. The Balaban J connectivity index is 1.79. The fourth-order valence-electron chi connectivity index (χ4n) is 4.73. The Morgan fingerprint density at radius 1 is 1.19 bits per heavy atom. The van der Waals surface area contributed by atoms with E-state index < -0.39 is 11.9 Å². The number of ketones is 1. The van der Waals surface area contributed by atoms with Crippen molar-refractivity contribution in [3.8, 4) is 11.5 Å². The second kappa shape index (κ2) is 10.4. The van der Waals surface area contributed by atoms with E-state index in [0.29, 0.717) is 41.2 Å². The molecule has 0 spiro atoms. The van der Waals surface area contributed by atoms with Crippen molar-refractivity contribution < 1.29 is 28.5 Å². The van der Waals surface area contributed by atoms with Crippen molar-refractivity contribution >= 4 is 27.7 Å². The zero-order chi connectivity index (χ0) is 26.0. The molecule has 1 aliphatic carbocycles. The van der Waals surface area contributed by atoms with Crippen molar-refractivity contribution in [1.82, 2.24) is 0 Å². The molecule has 0 radical (unpaired) electrons. The number of carbonyl (C=O) groups is 2. The van der Waals surface area contributed by atoms with Gasteiger partial charge in [0.1, 0.15) is 29.4 Å². The first-order chi connectivity index (χ1) is 17.1. The van der Waals surface area contributed by atoms with Crippen LogP contribution in [0.3, 0.4) is 0 Å². The molecule has 1 aliphatic heterocycles. The van der Waals surface area contributed by atoms with Crippen LogP contribution in [0.4, 0.5) is 0 Å². The van der Waals surface area contributed by atoms with Crippen molar-refractivity contribution in [3.05, 3.63) is 80.9 Å². The summed E-state index contributed by atoms with van der Waals surface area (Å²) in [4.78, 5) is 26.4. The number of halogens is 1. The third-order valence-electron chi connectivity index (χ3n) is 6.28. The number of benzene rings is 2. The van der Waals surface area contributed by atoms with Crippen LogP contribution in [0.15, 0.2) is 69.7 Å². The minimum Gasteiger partial charge on any atom is -0.496 e. The van der Waals surface area contributed by atoms with E-state index in [1.165, 1.54) is 0 Å². The van der Waals surface area contributed by atoms with Gasteiger partial charge in [0.15, 0.2) is 5.78 Å². The quantitative estimate of drug-likeness (QED) is 0.448. The van der Waals surface area contributed by atoms with Crippen LogP contribution in [-0.4, -0.2) is 25.5 Å². The molecule has 1 heterocycles. The second-order valence-corrected chi connectivity index (χ2v) is 10.5. The average Bonchev–Trinajstić information content (AvgIpc) is 2.81. The number of nitrogens with two attached hydrogens (primary N) is 1. The lowest BCUT2D eigenvalue weighted by atomic mass is 9.70. The van der Waals surface area contributed by atoms with E-state index >= 15 is 0 Å². The molecule has 0 saturated heterocycles. The van der Waals surface area contributed by atoms with Gasteiger partial charge in [-0.3, -0.25) is 4.79 Å². The molecule has 8 heteroatoms. The Morgan fingerprint density at radius 3 is 2.67 bits per heavy atom. The molecular weight excluding hydrogens is 526 g/mol. The first-order valence-electron chi connectivity index (χ1n) is 11.8. The third kappa shape index (κ3) is 5.28. The molecule has 1 unspecified atom stereocenters. The van der Waals surface area contributed by atoms with Gasteiger partial charge in [0.2, 0.25) is 5.88 Å². The topological polar surface area (TPSA) is 97.1 Å². The summed E-state index contributed by atoms with van der Waals surface area (Å²) in [7, 11) is 1.58. The van der Waals surface area contributed by atoms with Gasteiger partial charge in [-0.05, 0) is 48.2 Å². The highest BCUT2D eigenvalue weighted by Crippen LogP contribution is 2.48. The Kier molecular flexibility index (Phi) is 7.45. The highest BCUT2D eigenvalue weighted by molar-refractivity contribution is 9.10. The van der Waals surface area contributed by atoms with Crippen molar-refractivity contribution in [2.24, 2.45) is 11.1 Å². The van der Waals surface area contributed by atoms with E-state index in [4.69, 9.17) is 24.7 Å². The summed E-state index contributed by atoms with van der Waals surface area (Å²) in [6.45, 7) is 6.13. The summed E-state index contributed by atoms with van der Waals surface area (Å²) in [6.07, 6.45) is 0.882. The van der Waals surface area contributed by atoms with E-state index in [2.05, 4.69) is 15.9 Å². The van der Waals surface area contributed by atoms with Crippen LogP contribution in [-0.2, 0) is 25.7 Å². The number of rotatable bonds is 7. The molecule has 2 aromatic carbocycles. The number of hydrogen-bond donors (Lipinski definition) is 1. The third-order valence-corrected chi connectivity index (χ3v) is 6.77. The van der Waals surface area contributed by atoms with Gasteiger partial charge in [-0.1, -0.05) is 41.9 Å². The summed E-state index contributed by atoms with van der Waals surface area (Å²) in [5, 5.41) is 0. The number of Topliss-reactive ketones (excluding diaryl/α,β-unsaturated/α-hetero) is 1. The lowest BCUT2D eigenvalue weighted by Gasteiger charge is -2.38. The number of hydrogen-bond acceptors (Lipinski definition) is 7. The molecule has 0 aromatic heterocycles. The number of esters is 1. The zero-order valence-electron chi connectivity index (χ0n) is 20.9. The standard InChI is InChI=1S/C28H30BrNO6/c1-5-34-27(32)25-23(24-20(31)13-28(2,3)14-22(24)36-26(25)30)16-9-10-21(33-4)17(11-16)15-35-19-8-6-7-18(29)12-19/h6-12,23H,5,13-15,30H2,1-4H3. The van der Waals surface area contributed by atoms with Crippen molar-refractivity contribution in [1.29, 1.82) is 0 Å². The minimum absolute atomic E-state index is 0.0366. The normalized spacial score (nSPS) is 18.9. The van der Waals surface area contributed by atoms with Crippen LogP contribution in [0.5, 0.6) is 11.5 Å². The van der Waals surface area contributed by atoms with Gasteiger partial charge in [0.05, 0.1) is 19.6 Å². The van der Waals surface area contributed by atoms with Gasteiger partial charge in [-0.25, -0.2) is 4.79 Å². The maximum atomic E-state index is 13.4. The summed E-state index contributed by atoms with van der Waals surface area (Å²) in [5.74, 6) is 0.400. The molecule has 2 aliphatic rings. The Bertz CT molecular complexity index is 1260. The van der Waals surface area contributed by atoms with Gasteiger partial charge in [0, 0.05) is 28.5 Å². The molecule has 2 N–H and O–H groups in total. The van der Waals surface area contributed by atoms with Crippen molar-refractivity contribution in [2.45, 2.75) is 46.1 Å². The van der Waals surface area contributed by atoms with Gasteiger partial charge in [0.25, 0.3) is 0 Å². The first kappa shape index (κ1) is 25.8. The predicted molar refractivity (Wildman–Crippen MR) is 138 cm³/mol. The monoisotopic (exact) mass is 555 g/mol. The molecule has 190 valence electrons. The summed E-state index contributed by atoms with van der Waals surface area (Å²) >= 11 is 3.45. The highest BCUT2D eigenvalue weighted by Gasteiger charge is 2.45. The van der Waals surface area contributed by atoms with E-state index in [1.54, 1.807) is 20.1 Å².